The van der Waals surface area contributed by atoms with Crippen LogP contribution in [-0.4, -0.2) is 172 Å². The first-order chi connectivity index (χ1) is 40.2. The minimum Gasteiger partial charge on any atom is -0.447 e. The summed E-state index contributed by atoms with van der Waals surface area (Å²) in [6, 6.07) is 14.4. The van der Waals surface area contributed by atoms with Crippen LogP contribution in [0.1, 0.15) is 30.0 Å². The molecule has 3 saturated heterocycles. The molecule has 6 amide bonds. The van der Waals surface area contributed by atoms with Crippen molar-refractivity contribution in [2.45, 2.75) is 74.7 Å². The van der Waals surface area contributed by atoms with E-state index in [1.165, 1.54) is 17.9 Å². The van der Waals surface area contributed by atoms with E-state index in [1.54, 1.807) is 48.5 Å². The van der Waals surface area contributed by atoms with Crippen molar-refractivity contribution in [1.29, 1.82) is 0 Å². The number of amides is 6. The lowest BCUT2D eigenvalue weighted by Crippen LogP contribution is -2.46. The zero-order valence-electron chi connectivity index (χ0n) is 43.6. The highest BCUT2D eigenvalue weighted by Crippen LogP contribution is 2.59. The second-order valence-electron chi connectivity index (χ2n) is 19.0. The average Bonchev–Trinajstić information content (AvgIpc) is 3.59. The number of nitrogen functional groups attached to an aromatic ring is 1. The number of halogens is 2. The van der Waals surface area contributed by atoms with Crippen molar-refractivity contribution >= 4 is 113 Å². The summed E-state index contributed by atoms with van der Waals surface area (Å²) < 4.78 is 93.8. The Labute approximate surface area is 483 Å². The van der Waals surface area contributed by atoms with Crippen LogP contribution in [0.2, 0.25) is 0 Å². The zero-order chi connectivity index (χ0) is 59.5. The van der Waals surface area contributed by atoms with Crippen LogP contribution in [0, 0.1) is 0 Å². The van der Waals surface area contributed by atoms with Gasteiger partial charge in [0, 0.05) is 44.3 Å². The highest BCUT2D eigenvalue weighted by molar-refractivity contribution is 8.44. The minimum atomic E-state index is -4.56. The van der Waals surface area contributed by atoms with Crippen molar-refractivity contribution in [3.8, 4) is 0 Å². The number of hydrogen-bond acceptors (Lipinski definition) is 23. The first kappa shape index (κ1) is 59.7. The number of hydrogen-bond donors (Lipinski definition) is 6. The zero-order valence-corrected chi connectivity index (χ0v) is 47.1. The van der Waals surface area contributed by atoms with E-state index in [-0.39, 0.29) is 73.1 Å². The SMILES string of the molecule is CN(CCOC(=O)Nc1ncnc2c1ncn2[C@@H]1O[C@@H]2COP(O)(=S)O[C@@H]3C(COP(=O)(S)O[C@H]2[C@H]1F)O[C@@H](n1cnc2c(N)ncnc21)[C@@H]3F)C(=O)OCc1ccc(NC(=O)[C@@H](Cc2ccccc2)NC(=O)CCN2C(=O)C=CC2=O)cc1. The molecule has 0 radical (unpaired) electrons. The van der Waals surface area contributed by atoms with E-state index in [1.807, 2.05) is 6.07 Å². The van der Waals surface area contributed by atoms with E-state index < -0.39 is 118 Å². The molecule has 84 heavy (non-hydrogen) atoms. The van der Waals surface area contributed by atoms with Crippen LogP contribution < -0.4 is 21.7 Å². The van der Waals surface area contributed by atoms with Gasteiger partial charge in [-0.25, -0.2) is 52.8 Å². The van der Waals surface area contributed by atoms with Crippen molar-refractivity contribution in [1.82, 2.24) is 54.2 Å². The Hall–Kier alpha value is -7.49. The van der Waals surface area contributed by atoms with E-state index in [9.17, 15) is 38.2 Å². The molecule has 444 valence electrons. The summed E-state index contributed by atoms with van der Waals surface area (Å²) in [4.78, 5) is 114. The molecular formula is C48H50F2N14O16P2S2. The highest BCUT2D eigenvalue weighted by atomic mass is 32.7. The molecule has 0 aliphatic carbocycles. The molecular weight excluding hydrogens is 1190 g/mol. The summed E-state index contributed by atoms with van der Waals surface area (Å²) in [5.74, 6) is -2.28. The number of anilines is 3. The number of ether oxygens (including phenoxy) is 4. The first-order valence-corrected chi connectivity index (χ1v) is 30.6. The topological polar surface area (TPSA) is 369 Å². The van der Waals surface area contributed by atoms with Crippen LogP contribution in [0.25, 0.3) is 22.3 Å². The molecule has 36 heteroatoms. The Kier molecular flexibility index (Phi) is 18.0. The molecule has 4 aliphatic rings. The van der Waals surface area contributed by atoms with Crippen LogP contribution in [0.15, 0.2) is 92.1 Å². The standard InChI is InChI=1S/C48H50F2N14O16P2S2/c1-61(48(70)74-18-26-7-9-27(10-8-26)58-44(68)28(17-25-5-3-2-4-6-25)59-31(65)13-14-62-32(66)11-12-33(62)67)15-16-73-47(69)60-41-37-43(55-22-53-41)64(24-57-37)46-35(50)39-30(78-46)20-76-81(71,83)79-38-29(19-75-82(72,84)80-39)77-45(34(38)49)63-23-56-36-40(51)52-21-54-42(36)63/h2-12,21-24,28-30,34-35,38-39,45-46H,13-20H2,1H3,(H,58,68)(H,59,65)(H,71,83)(H,72,84)(H2,51,52,54)(H,53,55,60,69)/t28-,29?,30-,34-,35-,38-,39-,45-,46-,81?,82?/m1/s1. The summed E-state index contributed by atoms with van der Waals surface area (Å²) >= 11 is 9.29. The number of nitrogens with one attached hydrogen (secondary N) is 3. The van der Waals surface area contributed by atoms with Gasteiger partial charge in [0.15, 0.2) is 53.2 Å². The molecule has 3 fully saturated rings. The maximum atomic E-state index is 16.7. The maximum absolute atomic E-state index is 16.7. The third-order valence-corrected chi connectivity index (χ3v) is 16.5. The quantitative estimate of drug-likeness (QED) is 0.0458. The Balaban J connectivity index is 0.694. The molecule has 8 heterocycles. The number of nitrogens with two attached hydrogens (primary N) is 1. The second kappa shape index (κ2) is 25.4. The summed E-state index contributed by atoms with van der Waals surface area (Å²) in [6.45, 7) is -11.2. The summed E-state index contributed by atoms with van der Waals surface area (Å²) in [5.41, 5.74) is 7.72. The van der Waals surface area contributed by atoms with Gasteiger partial charge in [0.1, 0.15) is 61.8 Å². The molecule has 11 atom stereocenters. The third-order valence-electron chi connectivity index (χ3n) is 13.3. The molecule has 0 saturated carbocycles. The van der Waals surface area contributed by atoms with Crippen molar-refractivity contribution in [2.75, 3.05) is 56.3 Å². The molecule has 6 N–H and O–H groups in total. The van der Waals surface area contributed by atoms with Crippen LogP contribution in [0.4, 0.5) is 35.7 Å². The number of carbonyl (C=O) groups is 6. The lowest BCUT2D eigenvalue weighted by Gasteiger charge is -2.29. The largest absolute Gasteiger partial charge is 0.447 e. The number of carbonyl (C=O) groups excluding carboxylic acids is 6. The fourth-order valence-electron chi connectivity index (χ4n) is 9.10. The van der Waals surface area contributed by atoms with Crippen LogP contribution in [0.3, 0.4) is 0 Å². The van der Waals surface area contributed by atoms with Gasteiger partial charge in [-0.05, 0) is 35.1 Å². The van der Waals surface area contributed by atoms with Gasteiger partial charge >= 0.3 is 25.7 Å². The van der Waals surface area contributed by atoms with E-state index in [4.69, 9.17) is 54.6 Å². The maximum Gasteiger partial charge on any atom is 0.412 e. The van der Waals surface area contributed by atoms with E-state index >= 15 is 8.78 Å². The van der Waals surface area contributed by atoms with Crippen molar-refractivity contribution in [3.05, 3.63) is 103 Å². The number of rotatable bonds is 16. The Morgan fingerprint density at radius 3 is 2.13 bits per heavy atom. The molecule has 2 aromatic carbocycles. The van der Waals surface area contributed by atoms with Gasteiger partial charge in [-0.3, -0.25) is 52.1 Å². The molecule has 4 aliphatic heterocycles. The third kappa shape index (κ3) is 13.7. The van der Waals surface area contributed by atoms with Gasteiger partial charge in [-0.1, -0.05) is 54.7 Å². The number of likely N-dealkylation sites (N-methyl/N-ethyl adjacent to an activating group) is 1. The Morgan fingerprint density at radius 2 is 1.45 bits per heavy atom. The normalized spacial score (nSPS) is 26.4. The highest BCUT2D eigenvalue weighted by Gasteiger charge is 2.54. The summed E-state index contributed by atoms with van der Waals surface area (Å²) in [6.07, 6.45) is -8.94. The number of benzene rings is 2. The molecule has 0 bridgehead atoms. The number of alkyl halides is 2. The monoisotopic (exact) mass is 1240 g/mol. The van der Waals surface area contributed by atoms with Crippen LogP contribution in [-0.2, 0) is 85.6 Å². The van der Waals surface area contributed by atoms with E-state index in [0.717, 1.165) is 51.1 Å². The van der Waals surface area contributed by atoms with Crippen molar-refractivity contribution in [3.63, 3.8) is 0 Å². The predicted octanol–water partition coefficient (Wildman–Crippen LogP) is 3.59. The lowest BCUT2D eigenvalue weighted by molar-refractivity contribution is -0.137. The molecule has 6 aromatic rings. The Morgan fingerprint density at radius 1 is 0.833 bits per heavy atom. The molecule has 30 nitrogen and oxygen atoms in total. The molecule has 4 aromatic heterocycles. The van der Waals surface area contributed by atoms with Gasteiger partial charge in [0.25, 0.3) is 11.8 Å². The number of aromatic nitrogens is 8. The minimum absolute atomic E-state index is 0.0140. The second-order valence-corrected chi connectivity index (χ2v) is 24.6. The van der Waals surface area contributed by atoms with Gasteiger partial charge in [0.2, 0.25) is 11.8 Å². The Bertz CT molecular complexity index is 3600. The fraction of sp³-hybridized carbons (Fsp3) is 0.375. The van der Waals surface area contributed by atoms with Gasteiger partial charge < -0.3 is 49.6 Å². The van der Waals surface area contributed by atoms with Crippen LogP contribution in [0.5, 0.6) is 0 Å². The number of thiol groups is 1. The van der Waals surface area contributed by atoms with Gasteiger partial charge in [0.05, 0.1) is 32.4 Å². The predicted molar refractivity (Wildman–Crippen MR) is 293 cm³/mol. The number of imidazole rings is 2. The van der Waals surface area contributed by atoms with Crippen molar-refractivity contribution < 1.29 is 84.0 Å². The number of nitrogens with zero attached hydrogens (tertiary/aromatic N) is 10. The molecule has 10 rings (SSSR count). The summed E-state index contributed by atoms with van der Waals surface area (Å²) in [7, 11) is 1.41. The lowest BCUT2D eigenvalue weighted by atomic mass is 10.0. The van der Waals surface area contributed by atoms with Gasteiger partial charge in [-0.2, -0.15) is 0 Å². The molecule has 3 unspecified atom stereocenters. The average molecular weight is 1240 g/mol. The van der Waals surface area contributed by atoms with Crippen LogP contribution >= 0.6 is 25.8 Å². The fourth-order valence-corrected chi connectivity index (χ4v) is 12.0. The van der Waals surface area contributed by atoms with Crippen molar-refractivity contribution in [2.24, 2.45) is 0 Å². The summed E-state index contributed by atoms with van der Waals surface area (Å²) in [5, 5.41) is 7.89. The number of fused-ring (bicyclic) bond motifs is 4. The first-order valence-electron chi connectivity index (χ1n) is 25.3. The van der Waals surface area contributed by atoms with E-state index in [0.29, 0.717) is 11.3 Å². The van der Waals surface area contributed by atoms with Gasteiger partial charge in [-0.15, -0.1) is 0 Å². The number of imide groups is 1. The smallest absolute Gasteiger partial charge is 0.412 e. The van der Waals surface area contributed by atoms with E-state index in [2.05, 4.69) is 58.1 Å². The molecule has 0 spiro atoms.